The Hall–Kier alpha value is -1.75. The van der Waals surface area contributed by atoms with Crippen LogP contribution in [0.3, 0.4) is 0 Å². The maximum atomic E-state index is 11.2. The third kappa shape index (κ3) is 1.73. The van der Waals surface area contributed by atoms with Crippen molar-refractivity contribution >= 4 is 11.9 Å². The Balaban J connectivity index is 2.30. The van der Waals surface area contributed by atoms with E-state index in [1.54, 1.807) is 6.07 Å². The summed E-state index contributed by atoms with van der Waals surface area (Å²) in [6.45, 7) is 2.76. The quantitative estimate of drug-likeness (QED) is 0.544. The molecule has 1 aliphatic rings. The summed E-state index contributed by atoms with van der Waals surface area (Å²) in [6, 6.07) is 3.18. The molecule has 0 unspecified atom stereocenters. The maximum absolute atomic E-state index is 11.2. The molecule has 78 valence electrons. The molecule has 0 aliphatic carbocycles. The van der Waals surface area contributed by atoms with Crippen molar-refractivity contribution in [2.45, 2.75) is 13.5 Å². The average molecular weight is 207 g/mol. The van der Waals surface area contributed by atoms with Crippen LogP contribution in [0.25, 0.3) is 0 Å². The molecule has 5 heteroatoms. The second-order valence-corrected chi connectivity index (χ2v) is 3.01. The van der Waals surface area contributed by atoms with Crippen LogP contribution < -0.4 is 0 Å². The number of carbonyl (C=O) groups excluding carboxylic acids is 2. The summed E-state index contributed by atoms with van der Waals surface area (Å²) < 4.78 is 9.55. The summed E-state index contributed by atoms with van der Waals surface area (Å²) in [5.41, 5.74) is 0.916. The van der Waals surface area contributed by atoms with Gasteiger partial charge in [0.1, 0.15) is 0 Å². The van der Waals surface area contributed by atoms with Crippen molar-refractivity contribution in [1.82, 2.24) is 4.98 Å². The van der Waals surface area contributed by atoms with Gasteiger partial charge in [-0.25, -0.2) is 14.6 Å². The van der Waals surface area contributed by atoms with E-state index in [-0.39, 0.29) is 11.3 Å². The number of nitrogens with zero attached hydrogens (tertiary/aromatic N) is 1. The lowest BCUT2D eigenvalue weighted by atomic mass is 10.2. The first-order chi connectivity index (χ1) is 7.22. The molecule has 2 heterocycles. The molecule has 1 aliphatic heterocycles. The van der Waals surface area contributed by atoms with Crippen LogP contribution in [0.4, 0.5) is 0 Å². The van der Waals surface area contributed by atoms with Crippen molar-refractivity contribution in [3.05, 3.63) is 29.1 Å². The maximum Gasteiger partial charge on any atom is 0.365 e. The molecule has 1 aromatic rings. The van der Waals surface area contributed by atoms with E-state index in [2.05, 4.69) is 9.72 Å². The largest absolute Gasteiger partial charge is 0.384 e. The highest BCUT2D eigenvalue weighted by atomic mass is 16.6. The first kappa shape index (κ1) is 9.79. The minimum Gasteiger partial charge on any atom is -0.384 e. The van der Waals surface area contributed by atoms with Crippen molar-refractivity contribution in [2.24, 2.45) is 0 Å². The fraction of sp³-hybridized carbons (Fsp3) is 0.300. The van der Waals surface area contributed by atoms with E-state index in [9.17, 15) is 9.59 Å². The van der Waals surface area contributed by atoms with E-state index in [1.807, 2.05) is 6.92 Å². The van der Waals surface area contributed by atoms with Crippen LogP contribution in [-0.2, 0) is 16.1 Å². The van der Waals surface area contributed by atoms with Gasteiger partial charge >= 0.3 is 11.9 Å². The Labute approximate surface area is 86.0 Å². The number of aromatic nitrogens is 1. The Morgan fingerprint density at radius 2 is 2.13 bits per heavy atom. The average Bonchev–Trinajstić information content (AvgIpc) is 2.52. The minimum absolute atomic E-state index is 0.0807. The molecule has 0 atom stereocenters. The summed E-state index contributed by atoms with van der Waals surface area (Å²) >= 11 is 0. The van der Waals surface area contributed by atoms with E-state index in [0.717, 1.165) is 0 Å². The molecule has 0 N–H and O–H groups in total. The van der Waals surface area contributed by atoms with Gasteiger partial charge in [-0.3, -0.25) is 0 Å². The van der Waals surface area contributed by atoms with Crippen molar-refractivity contribution < 1.29 is 19.1 Å². The molecule has 15 heavy (non-hydrogen) atoms. The molecular weight excluding hydrogens is 198 g/mol. The van der Waals surface area contributed by atoms with Gasteiger partial charge in [0.2, 0.25) is 0 Å². The van der Waals surface area contributed by atoms with Crippen LogP contribution in [0, 0.1) is 0 Å². The van der Waals surface area contributed by atoms with E-state index in [0.29, 0.717) is 18.9 Å². The first-order valence-electron chi connectivity index (χ1n) is 4.56. The Bertz CT molecular complexity index is 427. The standard InChI is InChI=1S/C10H9NO4/c1-2-14-5-6-3-4-7-8(11-6)10(13)15-9(7)12/h3-4H,2,5H2,1H3. The lowest BCUT2D eigenvalue weighted by molar-refractivity contribution is 0.0441. The van der Waals surface area contributed by atoms with Crippen LogP contribution in [0.15, 0.2) is 12.1 Å². The zero-order valence-electron chi connectivity index (χ0n) is 8.15. The predicted molar refractivity (Wildman–Crippen MR) is 49.3 cm³/mol. The summed E-state index contributed by atoms with van der Waals surface area (Å²) in [4.78, 5) is 26.2. The van der Waals surface area contributed by atoms with Gasteiger partial charge in [-0.2, -0.15) is 0 Å². The molecule has 0 fully saturated rings. The lowest BCUT2D eigenvalue weighted by Gasteiger charge is -2.00. The van der Waals surface area contributed by atoms with Crippen molar-refractivity contribution in [3.8, 4) is 0 Å². The molecule has 0 radical (unpaired) electrons. The van der Waals surface area contributed by atoms with E-state index in [4.69, 9.17) is 4.74 Å². The number of cyclic esters (lactones) is 2. The van der Waals surface area contributed by atoms with E-state index >= 15 is 0 Å². The number of rotatable bonds is 3. The third-order valence-corrected chi connectivity index (χ3v) is 2.01. The highest BCUT2D eigenvalue weighted by Crippen LogP contribution is 2.18. The van der Waals surface area contributed by atoms with Crippen LogP contribution in [-0.4, -0.2) is 23.5 Å². The van der Waals surface area contributed by atoms with Gasteiger partial charge in [0.05, 0.1) is 17.9 Å². The highest BCUT2D eigenvalue weighted by molar-refractivity contribution is 6.13. The highest BCUT2D eigenvalue weighted by Gasteiger charge is 2.31. The molecule has 0 bridgehead atoms. The Morgan fingerprint density at radius 3 is 2.87 bits per heavy atom. The number of carbonyl (C=O) groups is 2. The van der Waals surface area contributed by atoms with Gasteiger partial charge in [-0.15, -0.1) is 0 Å². The van der Waals surface area contributed by atoms with Crippen molar-refractivity contribution in [1.29, 1.82) is 0 Å². The molecule has 0 saturated heterocycles. The fourth-order valence-corrected chi connectivity index (χ4v) is 1.29. The summed E-state index contributed by atoms with van der Waals surface area (Å²) in [7, 11) is 0. The Kier molecular flexibility index (Phi) is 2.47. The molecule has 0 saturated carbocycles. The van der Waals surface area contributed by atoms with E-state index < -0.39 is 11.9 Å². The van der Waals surface area contributed by atoms with Gasteiger partial charge in [0.25, 0.3) is 0 Å². The van der Waals surface area contributed by atoms with Gasteiger partial charge in [-0.05, 0) is 19.1 Å². The third-order valence-electron chi connectivity index (χ3n) is 2.01. The normalized spacial score (nSPS) is 13.9. The van der Waals surface area contributed by atoms with Crippen molar-refractivity contribution in [2.75, 3.05) is 6.61 Å². The van der Waals surface area contributed by atoms with Crippen LogP contribution >= 0.6 is 0 Å². The van der Waals surface area contributed by atoms with Crippen molar-refractivity contribution in [3.63, 3.8) is 0 Å². The molecule has 1 aromatic heterocycles. The number of pyridine rings is 1. The second-order valence-electron chi connectivity index (χ2n) is 3.01. The molecule has 0 spiro atoms. The molecule has 0 aromatic carbocycles. The van der Waals surface area contributed by atoms with Crippen LogP contribution in [0.2, 0.25) is 0 Å². The summed E-state index contributed by atoms with van der Waals surface area (Å²) in [5.74, 6) is -1.32. The monoisotopic (exact) mass is 207 g/mol. The molecule has 2 rings (SSSR count). The molecule has 5 nitrogen and oxygen atoms in total. The summed E-state index contributed by atoms with van der Waals surface area (Å²) in [6.07, 6.45) is 0. The zero-order valence-corrected chi connectivity index (χ0v) is 8.15. The van der Waals surface area contributed by atoms with Gasteiger partial charge in [-0.1, -0.05) is 0 Å². The lowest BCUT2D eigenvalue weighted by Crippen LogP contribution is -2.02. The van der Waals surface area contributed by atoms with Gasteiger partial charge < -0.3 is 9.47 Å². The fourth-order valence-electron chi connectivity index (χ4n) is 1.29. The summed E-state index contributed by atoms with van der Waals surface area (Å²) in [5, 5.41) is 0. The van der Waals surface area contributed by atoms with Gasteiger partial charge in [0.15, 0.2) is 5.69 Å². The smallest absolute Gasteiger partial charge is 0.365 e. The second kappa shape index (κ2) is 3.78. The number of esters is 2. The minimum atomic E-state index is -0.687. The van der Waals surface area contributed by atoms with Crippen LogP contribution in [0.5, 0.6) is 0 Å². The number of hydrogen-bond acceptors (Lipinski definition) is 5. The molecule has 0 amide bonds. The first-order valence-corrected chi connectivity index (χ1v) is 4.56. The zero-order chi connectivity index (χ0) is 10.8. The Morgan fingerprint density at radius 1 is 1.33 bits per heavy atom. The number of ether oxygens (including phenoxy) is 2. The molecular formula is C10H9NO4. The predicted octanol–water partition coefficient (Wildman–Crippen LogP) is 0.929. The topological polar surface area (TPSA) is 65.5 Å². The van der Waals surface area contributed by atoms with E-state index in [1.165, 1.54) is 6.07 Å². The van der Waals surface area contributed by atoms with Crippen LogP contribution in [0.1, 0.15) is 33.5 Å². The van der Waals surface area contributed by atoms with Gasteiger partial charge in [0, 0.05) is 6.61 Å². The number of hydrogen-bond donors (Lipinski definition) is 0. The number of fused-ring (bicyclic) bond motifs is 1. The SMILES string of the molecule is CCOCc1ccc2c(n1)C(=O)OC2=O.